The monoisotopic (exact) mass is 405 g/mol. The van der Waals surface area contributed by atoms with Crippen LogP contribution in [0, 0.1) is 15.9 Å². The van der Waals surface area contributed by atoms with Gasteiger partial charge >= 0.3 is 12.6 Å². The molecule has 0 saturated carbocycles. The number of nitrogens with zero attached hydrogens (tertiary/aromatic N) is 1. The van der Waals surface area contributed by atoms with Crippen molar-refractivity contribution in [3.05, 3.63) is 62.4 Å². The zero-order valence-electron chi connectivity index (χ0n) is 13.6. The lowest BCUT2D eigenvalue weighted by Crippen LogP contribution is -2.10. The van der Waals surface area contributed by atoms with Crippen LogP contribution in [0.25, 0.3) is 0 Å². The maximum atomic E-state index is 13.7. The SMILES string of the molecule is COc1cc(COC(=O)c2c(F)cccc2Cl)c([N+](=O)[O-])cc1OC(F)F. The molecule has 11 heteroatoms. The van der Waals surface area contributed by atoms with E-state index in [2.05, 4.69) is 4.74 Å². The van der Waals surface area contributed by atoms with Crippen molar-refractivity contribution >= 4 is 23.3 Å². The van der Waals surface area contributed by atoms with E-state index in [0.29, 0.717) is 6.07 Å². The van der Waals surface area contributed by atoms with E-state index in [4.69, 9.17) is 21.1 Å². The second kappa shape index (κ2) is 8.58. The molecule has 0 radical (unpaired) electrons. The Labute approximate surface area is 155 Å². The quantitative estimate of drug-likeness (QED) is 0.386. The molecule has 0 N–H and O–H groups in total. The molecular weight excluding hydrogens is 395 g/mol. The van der Waals surface area contributed by atoms with E-state index in [1.165, 1.54) is 12.1 Å². The van der Waals surface area contributed by atoms with Gasteiger partial charge in [-0.05, 0) is 18.2 Å². The van der Waals surface area contributed by atoms with Crippen LogP contribution in [0.2, 0.25) is 5.02 Å². The van der Waals surface area contributed by atoms with Gasteiger partial charge in [-0.15, -0.1) is 0 Å². The van der Waals surface area contributed by atoms with E-state index in [1.54, 1.807) is 0 Å². The minimum absolute atomic E-state index is 0.181. The van der Waals surface area contributed by atoms with Crippen LogP contribution in [-0.4, -0.2) is 24.6 Å². The van der Waals surface area contributed by atoms with Crippen molar-refractivity contribution in [2.24, 2.45) is 0 Å². The first-order chi connectivity index (χ1) is 12.7. The van der Waals surface area contributed by atoms with Gasteiger partial charge < -0.3 is 14.2 Å². The van der Waals surface area contributed by atoms with Crippen LogP contribution in [0.1, 0.15) is 15.9 Å². The fourth-order valence-corrected chi connectivity index (χ4v) is 2.37. The number of nitro groups is 1. The van der Waals surface area contributed by atoms with Gasteiger partial charge in [0.15, 0.2) is 11.5 Å². The Morgan fingerprint density at radius 2 is 2.00 bits per heavy atom. The van der Waals surface area contributed by atoms with E-state index in [1.807, 2.05) is 0 Å². The minimum Gasteiger partial charge on any atom is -0.493 e. The van der Waals surface area contributed by atoms with Crippen molar-refractivity contribution in [1.29, 1.82) is 0 Å². The summed E-state index contributed by atoms with van der Waals surface area (Å²) in [6, 6.07) is 5.26. The molecule has 0 aliphatic rings. The van der Waals surface area contributed by atoms with Gasteiger partial charge in [0.25, 0.3) is 5.69 Å². The number of benzene rings is 2. The first-order valence-electron chi connectivity index (χ1n) is 7.15. The predicted molar refractivity (Wildman–Crippen MR) is 86.8 cm³/mol. The van der Waals surface area contributed by atoms with Crippen molar-refractivity contribution in [3.8, 4) is 11.5 Å². The molecule has 0 aliphatic heterocycles. The number of halogens is 4. The molecule has 0 atom stereocenters. The molecule has 0 spiro atoms. The van der Waals surface area contributed by atoms with Gasteiger partial charge in [0.1, 0.15) is 18.0 Å². The largest absolute Gasteiger partial charge is 0.493 e. The Kier molecular flexibility index (Phi) is 6.45. The lowest BCUT2D eigenvalue weighted by atomic mass is 10.1. The molecule has 2 rings (SSSR count). The summed E-state index contributed by atoms with van der Waals surface area (Å²) in [4.78, 5) is 22.3. The Bertz CT molecular complexity index is 857. The number of hydrogen-bond acceptors (Lipinski definition) is 6. The molecule has 144 valence electrons. The van der Waals surface area contributed by atoms with E-state index >= 15 is 0 Å². The summed E-state index contributed by atoms with van der Waals surface area (Å²) in [6.45, 7) is -3.89. The van der Waals surface area contributed by atoms with Crippen molar-refractivity contribution in [2.75, 3.05) is 7.11 Å². The van der Waals surface area contributed by atoms with Crippen molar-refractivity contribution in [1.82, 2.24) is 0 Å². The molecule has 0 unspecified atom stereocenters. The maximum Gasteiger partial charge on any atom is 0.387 e. The summed E-state index contributed by atoms with van der Waals surface area (Å²) in [5, 5.41) is 11.0. The number of carbonyl (C=O) groups excluding carboxylic acids is 1. The van der Waals surface area contributed by atoms with E-state index in [-0.39, 0.29) is 16.3 Å². The third-order valence-electron chi connectivity index (χ3n) is 3.30. The van der Waals surface area contributed by atoms with Crippen molar-refractivity contribution in [3.63, 3.8) is 0 Å². The third-order valence-corrected chi connectivity index (χ3v) is 3.62. The molecule has 0 fully saturated rings. The third kappa shape index (κ3) is 4.79. The highest BCUT2D eigenvalue weighted by atomic mass is 35.5. The van der Waals surface area contributed by atoms with Gasteiger partial charge in [-0.25, -0.2) is 9.18 Å². The van der Waals surface area contributed by atoms with E-state index < -0.39 is 46.9 Å². The number of rotatable bonds is 7. The first kappa shape index (κ1) is 20.3. The lowest BCUT2D eigenvalue weighted by molar-refractivity contribution is -0.386. The lowest BCUT2D eigenvalue weighted by Gasteiger charge is -2.12. The minimum atomic E-state index is -3.23. The van der Waals surface area contributed by atoms with Crippen LogP contribution >= 0.6 is 11.6 Å². The number of methoxy groups -OCH3 is 1. The number of alkyl halides is 2. The van der Waals surface area contributed by atoms with Crippen LogP contribution < -0.4 is 9.47 Å². The highest BCUT2D eigenvalue weighted by molar-refractivity contribution is 6.33. The van der Waals surface area contributed by atoms with Crippen molar-refractivity contribution < 1.29 is 37.1 Å². The molecule has 0 bridgehead atoms. The van der Waals surface area contributed by atoms with Crippen LogP contribution in [-0.2, 0) is 11.3 Å². The average molecular weight is 406 g/mol. The van der Waals surface area contributed by atoms with Gasteiger partial charge in [0.05, 0.1) is 28.7 Å². The molecule has 0 saturated heterocycles. The normalized spacial score (nSPS) is 10.6. The van der Waals surface area contributed by atoms with Crippen LogP contribution in [0.5, 0.6) is 11.5 Å². The number of esters is 1. The molecule has 27 heavy (non-hydrogen) atoms. The Morgan fingerprint density at radius 1 is 1.30 bits per heavy atom. The van der Waals surface area contributed by atoms with Gasteiger partial charge in [-0.2, -0.15) is 8.78 Å². The first-order valence-corrected chi connectivity index (χ1v) is 7.53. The fourth-order valence-electron chi connectivity index (χ4n) is 2.13. The molecule has 0 heterocycles. The summed E-state index contributed by atoms with van der Waals surface area (Å²) < 4.78 is 52.5. The second-order valence-electron chi connectivity index (χ2n) is 4.94. The number of carbonyl (C=O) groups is 1. The molecule has 2 aromatic carbocycles. The van der Waals surface area contributed by atoms with Crippen LogP contribution in [0.15, 0.2) is 30.3 Å². The molecule has 0 amide bonds. The smallest absolute Gasteiger partial charge is 0.387 e. The van der Waals surface area contributed by atoms with Gasteiger partial charge in [0.2, 0.25) is 0 Å². The van der Waals surface area contributed by atoms with Crippen LogP contribution in [0.3, 0.4) is 0 Å². The summed E-state index contributed by atoms with van der Waals surface area (Å²) in [7, 11) is 1.13. The zero-order chi connectivity index (χ0) is 20.1. The maximum absolute atomic E-state index is 13.7. The number of ether oxygens (including phenoxy) is 3. The number of nitro benzene ring substituents is 1. The summed E-state index contributed by atoms with van der Waals surface area (Å²) in [6.07, 6.45) is 0. The van der Waals surface area contributed by atoms with E-state index in [0.717, 1.165) is 19.2 Å². The summed E-state index contributed by atoms with van der Waals surface area (Å²) in [5.74, 6) is -2.89. The van der Waals surface area contributed by atoms with Gasteiger partial charge in [-0.1, -0.05) is 17.7 Å². The van der Waals surface area contributed by atoms with E-state index in [9.17, 15) is 28.1 Å². The standard InChI is InChI=1S/C16H11ClF3NO6/c1-25-12-5-8(11(21(23)24)6-13(12)27-16(19)20)7-26-15(22)14-9(17)3-2-4-10(14)18/h2-6,16H,7H2,1H3. The topological polar surface area (TPSA) is 87.9 Å². The number of hydrogen-bond donors (Lipinski definition) is 0. The predicted octanol–water partition coefficient (Wildman–Crippen LogP) is 4.35. The van der Waals surface area contributed by atoms with Gasteiger partial charge in [0, 0.05) is 0 Å². The molecule has 0 aromatic heterocycles. The molecular formula is C16H11ClF3NO6. The molecule has 2 aromatic rings. The Hall–Kier alpha value is -3.01. The highest BCUT2D eigenvalue weighted by Crippen LogP contribution is 2.36. The zero-order valence-corrected chi connectivity index (χ0v) is 14.3. The Morgan fingerprint density at radius 3 is 2.56 bits per heavy atom. The highest BCUT2D eigenvalue weighted by Gasteiger charge is 2.24. The second-order valence-corrected chi connectivity index (χ2v) is 5.35. The van der Waals surface area contributed by atoms with Gasteiger partial charge in [-0.3, -0.25) is 10.1 Å². The molecule has 0 aliphatic carbocycles. The summed E-state index contributed by atoms with van der Waals surface area (Å²) in [5.41, 5.74) is -1.37. The van der Waals surface area contributed by atoms with Crippen LogP contribution in [0.4, 0.5) is 18.9 Å². The van der Waals surface area contributed by atoms with Crippen molar-refractivity contribution in [2.45, 2.75) is 13.2 Å². The fraction of sp³-hybridized carbons (Fsp3) is 0.188. The average Bonchev–Trinajstić information content (AvgIpc) is 2.59. The summed E-state index contributed by atoms with van der Waals surface area (Å²) >= 11 is 5.75. The molecule has 7 nitrogen and oxygen atoms in total. The Balaban J connectivity index is 2.32.